The second kappa shape index (κ2) is 1.93. The maximum atomic E-state index is 2.40. The van der Waals surface area contributed by atoms with Crippen molar-refractivity contribution in [2.45, 2.75) is 32.1 Å². The van der Waals surface area contributed by atoms with E-state index in [0.29, 0.717) is 5.41 Å². The fraction of sp³-hybridized carbons (Fsp3) is 0.500. The van der Waals surface area contributed by atoms with Gasteiger partial charge < -0.3 is 0 Å². The Morgan fingerprint density at radius 2 is 2.00 bits per heavy atom. The lowest BCUT2D eigenvalue weighted by Gasteiger charge is -2.12. The lowest BCUT2D eigenvalue weighted by molar-refractivity contribution is 0.463. The van der Waals surface area contributed by atoms with Crippen LogP contribution in [0.3, 0.4) is 0 Å². The molecule has 0 amide bonds. The van der Waals surface area contributed by atoms with E-state index in [4.69, 9.17) is 0 Å². The van der Waals surface area contributed by atoms with E-state index in [0.717, 1.165) is 5.92 Å². The molecule has 1 spiro atoms. The van der Waals surface area contributed by atoms with Crippen LogP contribution >= 0.6 is 0 Å². The standard InChI is InChI=1S/C12H14/c1-9-11-5-3-2-4-10(11)8-12(9)6-7-12/h2-5,9H,6-8H2,1H3. The van der Waals surface area contributed by atoms with Crippen LogP contribution in [-0.2, 0) is 6.42 Å². The first kappa shape index (κ1) is 6.71. The average molecular weight is 158 g/mol. The summed E-state index contributed by atoms with van der Waals surface area (Å²) in [6.45, 7) is 2.40. The first-order valence-corrected chi connectivity index (χ1v) is 4.90. The first-order chi connectivity index (χ1) is 5.82. The third-order valence-corrected chi connectivity index (χ3v) is 3.87. The van der Waals surface area contributed by atoms with Crippen LogP contribution in [0.2, 0.25) is 0 Å². The van der Waals surface area contributed by atoms with Crippen LogP contribution in [0.1, 0.15) is 36.8 Å². The Morgan fingerprint density at radius 1 is 1.25 bits per heavy atom. The zero-order chi connectivity index (χ0) is 8.18. The highest BCUT2D eigenvalue weighted by atomic mass is 14.6. The van der Waals surface area contributed by atoms with E-state index < -0.39 is 0 Å². The van der Waals surface area contributed by atoms with Crippen LogP contribution in [0.4, 0.5) is 0 Å². The molecule has 2 aliphatic rings. The molecule has 62 valence electrons. The zero-order valence-corrected chi connectivity index (χ0v) is 7.51. The van der Waals surface area contributed by atoms with Crippen molar-refractivity contribution >= 4 is 0 Å². The van der Waals surface area contributed by atoms with Crippen LogP contribution < -0.4 is 0 Å². The van der Waals surface area contributed by atoms with Crippen LogP contribution in [0.5, 0.6) is 0 Å². The van der Waals surface area contributed by atoms with Gasteiger partial charge in [0.2, 0.25) is 0 Å². The fourth-order valence-electron chi connectivity index (χ4n) is 2.75. The van der Waals surface area contributed by atoms with Gasteiger partial charge in [-0.25, -0.2) is 0 Å². The van der Waals surface area contributed by atoms with Crippen molar-refractivity contribution in [3.63, 3.8) is 0 Å². The predicted molar refractivity (Wildman–Crippen MR) is 50.2 cm³/mol. The minimum absolute atomic E-state index is 0.712. The Kier molecular flexibility index (Phi) is 1.08. The number of hydrogen-bond donors (Lipinski definition) is 0. The monoisotopic (exact) mass is 158 g/mol. The molecule has 0 heteroatoms. The minimum Gasteiger partial charge on any atom is -0.0620 e. The van der Waals surface area contributed by atoms with E-state index in [1.165, 1.54) is 19.3 Å². The second-order valence-corrected chi connectivity index (χ2v) is 4.46. The summed E-state index contributed by atoms with van der Waals surface area (Å²) < 4.78 is 0. The van der Waals surface area contributed by atoms with E-state index in [1.54, 1.807) is 11.1 Å². The van der Waals surface area contributed by atoms with Gasteiger partial charge in [0.15, 0.2) is 0 Å². The van der Waals surface area contributed by atoms with E-state index >= 15 is 0 Å². The molecule has 2 aliphatic carbocycles. The highest BCUT2D eigenvalue weighted by Crippen LogP contribution is 2.62. The molecule has 1 aromatic carbocycles. The Balaban J connectivity index is 2.13. The molecule has 1 unspecified atom stereocenters. The van der Waals surface area contributed by atoms with Gasteiger partial charge in [-0.15, -0.1) is 0 Å². The van der Waals surface area contributed by atoms with Crippen LogP contribution in [-0.4, -0.2) is 0 Å². The largest absolute Gasteiger partial charge is 0.0620 e. The van der Waals surface area contributed by atoms with Crippen molar-refractivity contribution in [3.8, 4) is 0 Å². The quantitative estimate of drug-likeness (QED) is 0.544. The van der Waals surface area contributed by atoms with Crippen LogP contribution in [0.25, 0.3) is 0 Å². The van der Waals surface area contributed by atoms with Crippen molar-refractivity contribution in [2.75, 3.05) is 0 Å². The van der Waals surface area contributed by atoms with Gasteiger partial charge in [0.1, 0.15) is 0 Å². The molecule has 0 nitrogen and oxygen atoms in total. The molecule has 0 aliphatic heterocycles. The van der Waals surface area contributed by atoms with Gasteiger partial charge in [0.25, 0.3) is 0 Å². The summed E-state index contributed by atoms with van der Waals surface area (Å²) in [7, 11) is 0. The topological polar surface area (TPSA) is 0 Å². The summed E-state index contributed by atoms with van der Waals surface area (Å²) in [5.41, 5.74) is 3.95. The molecule has 1 fully saturated rings. The van der Waals surface area contributed by atoms with Gasteiger partial charge >= 0.3 is 0 Å². The van der Waals surface area contributed by atoms with Gasteiger partial charge in [-0.3, -0.25) is 0 Å². The molecule has 0 heterocycles. The molecular formula is C12H14. The van der Waals surface area contributed by atoms with Crippen LogP contribution in [0.15, 0.2) is 24.3 Å². The molecule has 1 aromatic rings. The van der Waals surface area contributed by atoms with E-state index in [-0.39, 0.29) is 0 Å². The minimum atomic E-state index is 0.712. The van der Waals surface area contributed by atoms with E-state index in [1.807, 2.05) is 0 Å². The molecule has 0 aromatic heterocycles. The molecule has 3 rings (SSSR count). The van der Waals surface area contributed by atoms with E-state index in [2.05, 4.69) is 31.2 Å². The Hall–Kier alpha value is -0.780. The SMILES string of the molecule is CC1c2ccccc2CC12CC2. The lowest BCUT2D eigenvalue weighted by atomic mass is 9.92. The van der Waals surface area contributed by atoms with Crippen molar-refractivity contribution in [3.05, 3.63) is 35.4 Å². The molecule has 12 heavy (non-hydrogen) atoms. The summed E-state index contributed by atoms with van der Waals surface area (Å²) >= 11 is 0. The molecule has 0 radical (unpaired) electrons. The second-order valence-electron chi connectivity index (χ2n) is 4.46. The predicted octanol–water partition coefficient (Wildman–Crippen LogP) is 3.13. The van der Waals surface area contributed by atoms with Gasteiger partial charge in [-0.1, -0.05) is 31.2 Å². The summed E-state index contributed by atoms with van der Waals surface area (Å²) in [5.74, 6) is 0.827. The summed E-state index contributed by atoms with van der Waals surface area (Å²) in [5, 5.41) is 0. The Bertz CT molecular complexity index is 321. The molecule has 0 N–H and O–H groups in total. The lowest BCUT2D eigenvalue weighted by Crippen LogP contribution is -2.03. The Morgan fingerprint density at radius 3 is 2.67 bits per heavy atom. The number of hydrogen-bond acceptors (Lipinski definition) is 0. The number of fused-ring (bicyclic) bond motifs is 1. The number of rotatable bonds is 0. The average Bonchev–Trinajstić information content (AvgIpc) is 2.79. The highest BCUT2D eigenvalue weighted by molar-refractivity contribution is 5.40. The Labute approximate surface area is 73.6 Å². The molecular weight excluding hydrogens is 144 g/mol. The van der Waals surface area contributed by atoms with Crippen molar-refractivity contribution in [1.82, 2.24) is 0 Å². The van der Waals surface area contributed by atoms with Crippen molar-refractivity contribution < 1.29 is 0 Å². The van der Waals surface area contributed by atoms with Gasteiger partial charge in [0, 0.05) is 0 Å². The van der Waals surface area contributed by atoms with E-state index in [9.17, 15) is 0 Å². The van der Waals surface area contributed by atoms with Crippen molar-refractivity contribution in [2.24, 2.45) is 5.41 Å². The summed E-state index contributed by atoms with van der Waals surface area (Å²) in [6.07, 6.45) is 4.27. The molecule has 1 saturated carbocycles. The highest BCUT2D eigenvalue weighted by Gasteiger charge is 2.51. The first-order valence-electron chi connectivity index (χ1n) is 4.90. The summed E-state index contributed by atoms with van der Waals surface area (Å²) in [4.78, 5) is 0. The number of benzene rings is 1. The summed E-state index contributed by atoms with van der Waals surface area (Å²) in [6, 6.07) is 8.97. The van der Waals surface area contributed by atoms with Gasteiger partial charge in [-0.05, 0) is 41.7 Å². The third kappa shape index (κ3) is 0.682. The zero-order valence-electron chi connectivity index (χ0n) is 7.51. The van der Waals surface area contributed by atoms with Crippen LogP contribution in [0, 0.1) is 5.41 Å². The normalized spacial score (nSPS) is 28.9. The molecule has 0 saturated heterocycles. The van der Waals surface area contributed by atoms with Gasteiger partial charge in [-0.2, -0.15) is 0 Å². The molecule has 1 atom stereocenters. The maximum absolute atomic E-state index is 2.40. The van der Waals surface area contributed by atoms with Crippen molar-refractivity contribution in [1.29, 1.82) is 0 Å². The third-order valence-electron chi connectivity index (χ3n) is 3.87. The maximum Gasteiger partial charge on any atom is -0.0128 e. The smallest absolute Gasteiger partial charge is 0.0128 e. The fourth-order valence-corrected chi connectivity index (χ4v) is 2.75. The molecule has 0 bridgehead atoms. The van der Waals surface area contributed by atoms with Gasteiger partial charge in [0.05, 0.1) is 0 Å².